The molecule has 1 fully saturated rings. The van der Waals surface area contributed by atoms with Gasteiger partial charge in [-0.05, 0) is 24.6 Å². The van der Waals surface area contributed by atoms with Gasteiger partial charge in [0.2, 0.25) is 11.8 Å². The first-order valence-corrected chi connectivity index (χ1v) is 8.38. The molecule has 0 unspecified atom stereocenters. The van der Waals surface area contributed by atoms with Crippen LogP contribution in [-0.4, -0.2) is 40.0 Å². The van der Waals surface area contributed by atoms with Crippen LogP contribution in [0.5, 0.6) is 0 Å². The first-order valence-electron chi connectivity index (χ1n) is 8.00. The molecule has 0 saturated carbocycles. The van der Waals surface area contributed by atoms with Crippen molar-refractivity contribution in [1.29, 1.82) is 0 Å². The number of benzene rings is 1. The molecule has 4 rings (SSSR count). The zero-order valence-corrected chi connectivity index (χ0v) is 13.8. The topological polar surface area (TPSA) is 69.3 Å². The van der Waals surface area contributed by atoms with Crippen molar-refractivity contribution in [2.24, 2.45) is 5.92 Å². The highest BCUT2D eigenvalue weighted by atomic mass is 35.5. The average molecular weight is 345 g/mol. The number of amides is 2. The van der Waals surface area contributed by atoms with E-state index in [2.05, 4.69) is 10.2 Å². The SMILES string of the molecule is O=C([C@H]1CCN(c2cccc(Cl)c2)C1=O)N1CCc2[nH]ncc2C1. The number of nitrogens with zero attached hydrogens (tertiary/aromatic N) is 3. The lowest BCUT2D eigenvalue weighted by Crippen LogP contribution is -2.42. The predicted octanol–water partition coefficient (Wildman–Crippen LogP) is 2.00. The largest absolute Gasteiger partial charge is 0.337 e. The molecule has 7 heteroatoms. The highest BCUT2D eigenvalue weighted by Crippen LogP contribution is 2.29. The zero-order chi connectivity index (χ0) is 16.7. The number of anilines is 1. The fourth-order valence-corrected chi connectivity index (χ4v) is 3.62. The van der Waals surface area contributed by atoms with E-state index in [1.54, 1.807) is 28.1 Å². The number of halogens is 1. The number of aromatic nitrogens is 2. The van der Waals surface area contributed by atoms with Gasteiger partial charge < -0.3 is 9.80 Å². The number of nitrogens with one attached hydrogen (secondary N) is 1. The Hall–Kier alpha value is -2.34. The Bertz CT molecular complexity index is 803. The van der Waals surface area contributed by atoms with Gasteiger partial charge in [0.1, 0.15) is 5.92 Å². The van der Waals surface area contributed by atoms with Gasteiger partial charge in [0.25, 0.3) is 0 Å². The summed E-state index contributed by atoms with van der Waals surface area (Å²) in [5.74, 6) is -0.825. The Labute approximate surface area is 144 Å². The van der Waals surface area contributed by atoms with Gasteiger partial charge in [-0.1, -0.05) is 17.7 Å². The van der Waals surface area contributed by atoms with Gasteiger partial charge in [-0.25, -0.2) is 0 Å². The standard InChI is InChI=1S/C17H17ClN4O2/c18-12-2-1-3-13(8-12)22-7-4-14(17(22)24)16(23)21-6-5-15-11(10-21)9-19-20-15/h1-3,8-9,14H,4-7,10H2,(H,19,20)/t14-/m1/s1. The van der Waals surface area contributed by atoms with Crippen molar-refractivity contribution in [2.45, 2.75) is 19.4 Å². The van der Waals surface area contributed by atoms with Crippen molar-refractivity contribution in [3.05, 3.63) is 46.7 Å². The molecule has 2 aliphatic rings. The van der Waals surface area contributed by atoms with E-state index < -0.39 is 5.92 Å². The number of H-pyrrole nitrogens is 1. The molecule has 124 valence electrons. The third kappa shape index (κ3) is 2.57. The van der Waals surface area contributed by atoms with Crippen LogP contribution < -0.4 is 4.90 Å². The highest BCUT2D eigenvalue weighted by Gasteiger charge is 2.40. The second-order valence-electron chi connectivity index (χ2n) is 6.19. The summed E-state index contributed by atoms with van der Waals surface area (Å²) in [7, 11) is 0. The Morgan fingerprint density at radius 3 is 3.04 bits per heavy atom. The van der Waals surface area contributed by atoms with Crippen LogP contribution in [0.1, 0.15) is 17.7 Å². The van der Waals surface area contributed by atoms with E-state index in [1.807, 2.05) is 12.1 Å². The van der Waals surface area contributed by atoms with Crippen molar-refractivity contribution in [1.82, 2.24) is 15.1 Å². The molecule has 1 saturated heterocycles. The van der Waals surface area contributed by atoms with E-state index in [1.165, 1.54) is 0 Å². The van der Waals surface area contributed by atoms with Crippen molar-refractivity contribution in [3.63, 3.8) is 0 Å². The summed E-state index contributed by atoms with van der Waals surface area (Å²) in [6.45, 7) is 1.68. The second kappa shape index (κ2) is 5.94. The molecule has 1 N–H and O–H groups in total. The molecule has 0 bridgehead atoms. The van der Waals surface area contributed by atoms with Crippen molar-refractivity contribution in [2.75, 3.05) is 18.0 Å². The summed E-state index contributed by atoms with van der Waals surface area (Å²) in [6, 6.07) is 7.18. The maximum absolute atomic E-state index is 12.8. The maximum atomic E-state index is 12.8. The summed E-state index contributed by atoms with van der Waals surface area (Å²) >= 11 is 6.01. The normalized spacial score (nSPS) is 20.4. The van der Waals surface area contributed by atoms with Crippen LogP contribution in [0.15, 0.2) is 30.5 Å². The number of hydrogen-bond acceptors (Lipinski definition) is 3. The minimum Gasteiger partial charge on any atom is -0.337 e. The monoisotopic (exact) mass is 344 g/mol. The van der Waals surface area contributed by atoms with Crippen LogP contribution in [0, 0.1) is 5.92 Å². The van der Waals surface area contributed by atoms with Crippen molar-refractivity contribution in [3.8, 4) is 0 Å². The van der Waals surface area contributed by atoms with Crippen LogP contribution in [0.2, 0.25) is 5.02 Å². The summed E-state index contributed by atoms with van der Waals surface area (Å²) < 4.78 is 0. The van der Waals surface area contributed by atoms with Crippen LogP contribution >= 0.6 is 11.6 Å². The molecule has 1 aromatic heterocycles. The number of aromatic amines is 1. The fourth-order valence-electron chi connectivity index (χ4n) is 3.44. The molecule has 24 heavy (non-hydrogen) atoms. The molecular formula is C17H17ClN4O2. The van der Waals surface area contributed by atoms with E-state index >= 15 is 0 Å². The average Bonchev–Trinajstić information content (AvgIpc) is 3.19. The first kappa shape index (κ1) is 15.2. The predicted molar refractivity (Wildman–Crippen MR) is 89.6 cm³/mol. The first-order chi connectivity index (χ1) is 11.6. The lowest BCUT2D eigenvalue weighted by molar-refractivity contribution is -0.140. The van der Waals surface area contributed by atoms with Crippen molar-refractivity contribution < 1.29 is 9.59 Å². The molecule has 0 spiro atoms. The number of fused-ring (bicyclic) bond motifs is 1. The van der Waals surface area contributed by atoms with Crippen LogP contribution in [-0.2, 0) is 22.6 Å². The molecule has 0 aliphatic carbocycles. The van der Waals surface area contributed by atoms with Gasteiger partial charge in [0, 0.05) is 48.0 Å². The molecule has 2 amide bonds. The van der Waals surface area contributed by atoms with Crippen molar-refractivity contribution >= 4 is 29.1 Å². The molecule has 2 aromatic rings. The molecule has 2 aliphatic heterocycles. The van der Waals surface area contributed by atoms with E-state index in [-0.39, 0.29) is 11.8 Å². The minimum absolute atomic E-state index is 0.0867. The van der Waals surface area contributed by atoms with Crippen LogP contribution in [0.25, 0.3) is 0 Å². The summed E-state index contributed by atoms with van der Waals surface area (Å²) in [6.07, 6.45) is 3.04. The molecule has 6 nitrogen and oxygen atoms in total. The third-order valence-electron chi connectivity index (χ3n) is 4.74. The maximum Gasteiger partial charge on any atom is 0.239 e. The van der Waals surface area contributed by atoms with Gasteiger partial charge in [-0.2, -0.15) is 5.10 Å². The number of carbonyl (C=O) groups is 2. The molecular weight excluding hydrogens is 328 g/mol. The van der Waals surface area contributed by atoms with E-state index in [0.717, 1.165) is 23.4 Å². The lowest BCUT2D eigenvalue weighted by Gasteiger charge is -2.28. The quantitative estimate of drug-likeness (QED) is 0.847. The lowest BCUT2D eigenvalue weighted by atomic mass is 10.0. The molecule has 1 atom stereocenters. The molecule has 0 radical (unpaired) electrons. The van der Waals surface area contributed by atoms with Gasteiger partial charge in [-0.15, -0.1) is 0 Å². The van der Waals surface area contributed by atoms with Crippen LogP contribution in [0.4, 0.5) is 5.69 Å². The highest BCUT2D eigenvalue weighted by molar-refractivity contribution is 6.31. The third-order valence-corrected chi connectivity index (χ3v) is 4.97. The zero-order valence-electron chi connectivity index (χ0n) is 13.0. The smallest absolute Gasteiger partial charge is 0.239 e. The summed E-state index contributed by atoms with van der Waals surface area (Å²) in [5, 5.41) is 7.56. The van der Waals surface area contributed by atoms with E-state index in [9.17, 15) is 9.59 Å². The van der Waals surface area contributed by atoms with Crippen LogP contribution in [0.3, 0.4) is 0 Å². The number of carbonyl (C=O) groups excluding carboxylic acids is 2. The Kier molecular flexibility index (Phi) is 3.76. The fraction of sp³-hybridized carbons (Fsp3) is 0.353. The Morgan fingerprint density at radius 1 is 1.33 bits per heavy atom. The second-order valence-corrected chi connectivity index (χ2v) is 6.63. The Balaban J connectivity index is 1.49. The Morgan fingerprint density at radius 2 is 2.21 bits per heavy atom. The molecule has 1 aromatic carbocycles. The van der Waals surface area contributed by atoms with E-state index in [4.69, 9.17) is 11.6 Å². The number of rotatable bonds is 2. The summed E-state index contributed by atoms with van der Waals surface area (Å²) in [4.78, 5) is 28.9. The number of hydrogen-bond donors (Lipinski definition) is 1. The summed E-state index contributed by atoms with van der Waals surface area (Å²) in [5.41, 5.74) is 2.86. The van der Waals surface area contributed by atoms with Gasteiger partial charge >= 0.3 is 0 Å². The minimum atomic E-state index is -0.600. The van der Waals surface area contributed by atoms with E-state index in [0.29, 0.717) is 31.1 Å². The van der Waals surface area contributed by atoms with Gasteiger partial charge in [0.15, 0.2) is 0 Å². The van der Waals surface area contributed by atoms with Gasteiger partial charge in [-0.3, -0.25) is 14.7 Å². The molecule has 3 heterocycles. The van der Waals surface area contributed by atoms with Gasteiger partial charge in [0.05, 0.1) is 6.20 Å².